The standard InChI is InChI=1S/C26H31N3O3/c1-26(27)22(16-24(30)31)11-9-20-15-21(10-12-23(20)26)25(32)19-7-5-18(6-8-19)17-28-29-13-3-2-4-14-29/h5-8,10,12,15,17,22H,2-4,9,11,13-14,16,27H2,1H3,(H,30,31). The molecule has 1 aliphatic heterocycles. The van der Waals surface area contributed by atoms with Gasteiger partial charge in [-0.2, -0.15) is 5.10 Å². The van der Waals surface area contributed by atoms with Crippen molar-refractivity contribution >= 4 is 18.0 Å². The lowest BCUT2D eigenvalue weighted by atomic mass is 9.69. The number of carbonyl (C=O) groups excluding carboxylic acids is 1. The predicted octanol–water partition coefficient (Wildman–Crippen LogP) is 3.95. The number of hydrazone groups is 1. The Kier molecular flexibility index (Phi) is 6.42. The van der Waals surface area contributed by atoms with E-state index >= 15 is 0 Å². The third kappa shape index (κ3) is 4.75. The minimum Gasteiger partial charge on any atom is -0.481 e. The molecule has 168 valence electrons. The second kappa shape index (κ2) is 9.25. The van der Waals surface area contributed by atoms with Gasteiger partial charge in [-0.15, -0.1) is 0 Å². The number of nitrogens with zero attached hydrogens (tertiary/aromatic N) is 2. The number of rotatable bonds is 6. The fraction of sp³-hybridized carbons (Fsp3) is 0.423. The summed E-state index contributed by atoms with van der Waals surface area (Å²) in [6, 6.07) is 13.2. The van der Waals surface area contributed by atoms with Crippen molar-refractivity contribution in [3.05, 3.63) is 70.3 Å². The molecule has 0 saturated carbocycles. The van der Waals surface area contributed by atoms with E-state index in [4.69, 9.17) is 5.73 Å². The van der Waals surface area contributed by atoms with Gasteiger partial charge in [0.1, 0.15) is 0 Å². The number of carbonyl (C=O) groups is 2. The maximum absolute atomic E-state index is 13.1. The Bertz CT molecular complexity index is 1020. The van der Waals surface area contributed by atoms with Crippen molar-refractivity contribution < 1.29 is 14.7 Å². The van der Waals surface area contributed by atoms with Crippen LogP contribution in [0.3, 0.4) is 0 Å². The number of benzene rings is 2. The highest BCUT2D eigenvalue weighted by atomic mass is 16.4. The first-order chi connectivity index (χ1) is 15.3. The van der Waals surface area contributed by atoms with Crippen LogP contribution in [0.2, 0.25) is 0 Å². The number of hydrogen-bond acceptors (Lipinski definition) is 5. The molecule has 32 heavy (non-hydrogen) atoms. The lowest BCUT2D eigenvalue weighted by molar-refractivity contribution is -0.138. The number of hydrogen-bond donors (Lipinski definition) is 2. The number of carboxylic acid groups (broad SMARTS) is 1. The zero-order chi connectivity index (χ0) is 22.7. The molecule has 0 spiro atoms. The van der Waals surface area contributed by atoms with Crippen LogP contribution in [0.15, 0.2) is 47.6 Å². The summed E-state index contributed by atoms with van der Waals surface area (Å²) in [5, 5.41) is 15.8. The summed E-state index contributed by atoms with van der Waals surface area (Å²) in [6.45, 7) is 3.90. The van der Waals surface area contributed by atoms with E-state index in [2.05, 4.69) is 10.1 Å². The summed E-state index contributed by atoms with van der Waals surface area (Å²) >= 11 is 0. The fourth-order valence-corrected chi connectivity index (χ4v) is 4.87. The minimum absolute atomic E-state index is 0.0290. The minimum atomic E-state index is -0.827. The zero-order valence-electron chi connectivity index (χ0n) is 18.6. The molecule has 2 aromatic rings. The quantitative estimate of drug-likeness (QED) is 0.531. The topological polar surface area (TPSA) is 96.0 Å². The maximum atomic E-state index is 13.1. The Morgan fingerprint density at radius 1 is 1.12 bits per heavy atom. The molecule has 1 aliphatic carbocycles. The number of fused-ring (bicyclic) bond motifs is 1. The van der Waals surface area contributed by atoms with Crippen molar-refractivity contribution in [3.8, 4) is 0 Å². The molecule has 3 N–H and O–H groups in total. The van der Waals surface area contributed by atoms with Gasteiger partial charge in [-0.3, -0.25) is 14.6 Å². The van der Waals surface area contributed by atoms with Crippen molar-refractivity contribution in [2.45, 2.75) is 51.0 Å². The SMILES string of the molecule is CC1(N)c2ccc(C(=O)c3ccc(C=NN4CCCCC4)cc3)cc2CCC1CC(=O)O. The summed E-state index contributed by atoms with van der Waals surface area (Å²) < 4.78 is 0. The summed E-state index contributed by atoms with van der Waals surface area (Å²) in [5.41, 5.74) is 10.0. The molecule has 0 aromatic heterocycles. The third-order valence-electron chi connectivity index (χ3n) is 6.85. The first kappa shape index (κ1) is 22.2. The number of piperidine rings is 1. The van der Waals surface area contributed by atoms with E-state index < -0.39 is 11.5 Å². The number of aliphatic carboxylic acids is 1. The smallest absolute Gasteiger partial charge is 0.303 e. The molecule has 2 aromatic carbocycles. The van der Waals surface area contributed by atoms with Gasteiger partial charge in [-0.1, -0.05) is 36.4 Å². The first-order valence-electron chi connectivity index (χ1n) is 11.4. The van der Waals surface area contributed by atoms with Gasteiger partial charge in [0, 0.05) is 29.8 Å². The highest BCUT2D eigenvalue weighted by molar-refractivity contribution is 6.09. The summed E-state index contributed by atoms with van der Waals surface area (Å²) in [6.07, 6.45) is 7.00. The fourth-order valence-electron chi connectivity index (χ4n) is 4.87. The molecule has 6 heteroatoms. The Hall–Kier alpha value is -2.99. The van der Waals surface area contributed by atoms with Crippen LogP contribution in [0.25, 0.3) is 0 Å². The average Bonchev–Trinajstić information content (AvgIpc) is 2.80. The predicted molar refractivity (Wildman–Crippen MR) is 125 cm³/mol. The Morgan fingerprint density at radius 3 is 2.50 bits per heavy atom. The number of aryl methyl sites for hydroxylation is 1. The van der Waals surface area contributed by atoms with Crippen LogP contribution >= 0.6 is 0 Å². The van der Waals surface area contributed by atoms with Crippen LogP contribution in [-0.2, 0) is 16.8 Å². The van der Waals surface area contributed by atoms with E-state index in [0.717, 1.165) is 36.2 Å². The number of carboxylic acids is 1. The van der Waals surface area contributed by atoms with E-state index in [0.29, 0.717) is 17.5 Å². The van der Waals surface area contributed by atoms with E-state index in [9.17, 15) is 14.7 Å². The second-order valence-electron chi connectivity index (χ2n) is 9.20. The van der Waals surface area contributed by atoms with Gasteiger partial charge in [0.05, 0.1) is 12.6 Å². The van der Waals surface area contributed by atoms with Crippen LogP contribution in [0.5, 0.6) is 0 Å². The average molecular weight is 434 g/mol. The molecule has 2 aliphatic rings. The molecule has 1 heterocycles. The molecule has 1 fully saturated rings. The summed E-state index contributed by atoms with van der Waals surface area (Å²) in [5.74, 6) is -0.974. The maximum Gasteiger partial charge on any atom is 0.303 e. The van der Waals surface area contributed by atoms with E-state index in [1.807, 2.05) is 49.5 Å². The molecular weight excluding hydrogens is 402 g/mol. The molecule has 0 amide bonds. The van der Waals surface area contributed by atoms with Gasteiger partial charge in [-0.05, 0) is 67.7 Å². The van der Waals surface area contributed by atoms with Crippen molar-refractivity contribution in [2.24, 2.45) is 16.8 Å². The lowest BCUT2D eigenvalue weighted by Gasteiger charge is -2.39. The zero-order valence-corrected chi connectivity index (χ0v) is 18.6. The number of nitrogens with two attached hydrogens (primary N) is 1. The van der Waals surface area contributed by atoms with Gasteiger partial charge in [0.2, 0.25) is 0 Å². The first-order valence-corrected chi connectivity index (χ1v) is 11.4. The molecule has 1 saturated heterocycles. The van der Waals surface area contributed by atoms with Gasteiger partial charge in [-0.25, -0.2) is 0 Å². The van der Waals surface area contributed by atoms with Crippen molar-refractivity contribution in [1.82, 2.24) is 5.01 Å². The lowest BCUT2D eigenvalue weighted by Crippen LogP contribution is -2.45. The van der Waals surface area contributed by atoms with Gasteiger partial charge >= 0.3 is 5.97 Å². The van der Waals surface area contributed by atoms with Crippen LogP contribution in [0, 0.1) is 5.92 Å². The van der Waals surface area contributed by atoms with Crippen molar-refractivity contribution in [1.29, 1.82) is 0 Å². The monoisotopic (exact) mass is 433 g/mol. The molecule has 2 atom stereocenters. The molecule has 6 nitrogen and oxygen atoms in total. The Morgan fingerprint density at radius 2 is 1.81 bits per heavy atom. The normalized spacial score (nSPS) is 23.2. The van der Waals surface area contributed by atoms with Gasteiger partial charge in [0.25, 0.3) is 0 Å². The van der Waals surface area contributed by atoms with Crippen LogP contribution in [-0.4, -0.2) is 41.2 Å². The molecule has 0 bridgehead atoms. The van der Waals surface area contributed by atoms with Crippen molar-refractivity contribution in [2.75, 3.05) is 13.1 Å². The molecule has 2 unspecified atom stereocenters. The second-order valence-corrected chi connectivity index (χ2v) is 9.20. The van der Waals surface area contributed by atoms with Crippen LogP contribution in [0.1, 0.15) is 71.6 Å². The van der Waals surface area contributed by atoms with Gasteiger partial charge in [0.15, 0.2) is 5.78 Å². The highest BCUT2D eigenvalue weighted by Crippen LogP contribution is 2.40. The third-order valence-corrected chi connectivity index (χ3v) is 6.85. The largest absolute Gasteiger partial charge is 0.481 e. The molecule has 4 rings (SSSR count). The van der Waals surface area contributed by atoms with E-state index in [1.165, 1.54) is 19.3 Å². The summed E-state index contributed by atoms with van der Waals surface area (Å²) in [7, 11) is 0. The Balaban J connectivity index is 1.48. The van der Waals surface area contributed by atoms with Crippen LogP contribution in [0.4, 0.5) is 0 Å². The van der Waals surface area contributed by atoms with Crippen molar-refractivity contribution in [3.63, 3.8) is 0 Å². The van der Waals surface area contributed by atoms with E-state index in [-0.39, 0.29) is 18.1 Å². The van der Waals surface area contributed by atoms with E-state index in [1.54, 1.807) is 6.07 Å². The highest BCUT2D eigenvalue weighted by Gasteiger charge is 2.38. The summed E-state index contributed by atoms with van der Waals surface area (Å²) in [4.78, 5) is 24.3. The molecule has 0 radical (unpaired) electrons. The Labute approximate surface area is 189 Å². The molecular formula is C26H31N3O3. The van der Waals surface area contributed by atoms with Gasteiger partial charge < -0.3 is 10.8 Å². The number of ketones is 1. The van der Waals surface area contributed by atoms with Crippen LogP contribution < -0.4 is 5.73 Å².